The topological polar surface area (TPSA) is 84.2 Å². The van der Waals surface area contributed by atoms with E-state index in [9.17, 15) is 9.59 Å². The lowest BCUT2D eigenvalue weighted by molar-refractivity contribution is -0.116. The first-order chi connectivity index (χ1) is 10.9. The number of nitrogens with one attached hydrogen (secondary N) is 2. The van der Waals surface area contributed by atoms with Crippen molar-refractivity contribution in [3.8, 4) is 0 Å². The molecule has 0 heterocycles. The largest absolute Gasteiger partial charge is 0.374 e. The fraction of sp³-hybridized carbons (Fsp3) is 0.222. The van der Waals surface area contributed by atoms with Crippen LogP contribution in [-0.4, -0.2) is 17.9 Å². The molecule has 4 N–H and O–H groups in total. The van der Waals surface area contributed by atoms with Crippen LogP contribution in [0.15, 0.2) is 42.5 Å². The van der Waals surface area contributed by atoms with Gasteiger partial charge in [0.2, 0.25) is 11.8 Å². The Hall–Kier alpha value is -2.82. The van der Waals surface area contributed by atoms with Crippen molar-refractivity contribution in [2.75, 3.05) is 10.6 Å². The fourth-order valence-electron chi connectivity index (χ4n) is 2.12. The molecule has 120 valence electrons. The van der Waals surface area contributed by atoms with Gasteiger partial charge < -0.3 is 16.4 Å². The number of primary amides is 1. The third-order valence-electron chi connectivity index (χ3n) is 3.72. The van der Waals surface area contributed by atoms with E-state index in [0.717, 1.165) is 5.69 Å². The molecular formula is C18H21N3O2. The number of benzene rings is 2. The van der Waals surface area contributed by atoms with E-state index >= 15 is 0 Å². The summed E-state index contributed by atoms with van der Waals surface area (Å²) in [5, 5.41) is 5.97. The molecule has 2 aromatic carbocycles. The van der Waals surface area contributed by atoms with Crippen LogP contribution in [-0.2, 0) is 4.79 Å². The first-order valence-corrected chi connectivity index (χ1v) is 7.41. The highest BCUT2D eigenvalue weighted by atomic mass is 16.2. The third-order valence-corrected chi connectivity index (χ3v) is 3.72. The number of nitrogens with two attached hydrogens (primary N) is 1. The maximum atomic E-state index is 12.2. The average Bonchev–Trinajstić information content (AvgIpc) is 2.51. The lowest BCUT2D eigenvalue weighted by Gasteiger charge is -2.16. The number of hydrogen-bond donors (Lipinski definition) is 3. The highest BCUT2D eigenvalue weighted by Crippen LogP contribution is 2.16. The number of hydrogen-bond acceptors (Lipinski definition) is 3. The maximum absolute atomic E-state index is 12.2. The van der Waals surface area contributed by atoms with E-state index in [1.165, 1.54) is 11.1 Å². The highest BCUT2D eigenvalue weighted by Gasteiger charge is 2.13. The van der Waals surface area contributed by atoms with Crippen molar-refractivity contribution in [2.24, 2.45) is 5.73 Å². The Bertz CT molecular complexity index is 724. The van der Waals surface area contributed by atoms with Gasteiger partial charge in [-0.15, -0.1) is 0 Å². The Morgan fingerprint density at radius 1 is 0.957 bits per heavy atom. The normalized spacial score (nSPS) is 11.6. The zero-order valence-corrected chi connectivity index (χ0v) is 13.5. The molecule has 0 unspecified atom stereocenters. The van der Waals surface area contributed by atoms with E-state index in [0.29, 0.717) is 11.3 Å². The molecule has 0 saturated carbocycles. The Kier molecular flexibility index (Phi) is 5.01. The molecule has 0 aromatic heterocycles. The Balaban J connectivity index is 1.99. The number of rotatable bonds is 5. The zero-order chi connectivity index (χ0) is 17.0. The summed E-state index contributed by atoms with van der Waals surface area (Å²) in [7, 11) is 0. The van der Waals surface area contributed by atoms with Crippen LogP contribution in [0.1, 0.15) is 28.4 Å². The van der Waals surface area contributed by atoms with Crippen molar-refractivity contribution >= 4 is 23.2 Å². The van der Waals surface area contributed by atoms with E-state index in [1.54, 1.807) is 31.2 Å². The van der Waals surface area contributed by atoms with E-state index < -0.39 is 11.9 Å². The van der Waals surface area contributed by atoms with E-state index in [4.69, 9.17) is 5.73 Å². The molecule has 23 heavy (non-hydrogen) atoms. The minimum Gasteiger partial charge on any atom is -0.374 e. The van der Waals surface area contributed by atoms with Crippen molar-refractivity contribution in [3.05, 3.63) is 59.2 Å². The molecule has 1 atom stereocenters. The second-order valence-electron chi connectivity index (χ2n) is 5.60. The molecule has 0 aliphatic carbocycles. The summed E-state index contributed by atoms with van der Waals surface area (Å²) in [4.78, 5) is 23.2. The van der Waals surface area contributed by atoms with Crippen LogP contribution < -0.4 is 16.4 Å². The average molecular weight is 311 g/mol. The summed E-state index contributed by atoms with van der Waals surface area (Å²) in [6.07, 6.45) is 0. The number of amides is 2. The summed E-state index contributed by atoms with van der Waals surface area (Å²) < 4.78 is 0. The Morgan fingerprint density at radius 2 is 1.57 bits per heavy atom. The minimum absolute atomic E-state index is 0.157. The quantitative estimate of drug-likeness (QED) is 0.794. The van der Waals surface area contributed by atoms with Crippen molar-refractivity contribution in [1.82, 2.24) is 0 Å². The van der Waals surface area contributed by atoms with Crippen LogP contribution in [0.5, 0.6) is 0 Å². The van der Waals surface area contributed by atoms with Gasteiger partial charge in [-0.1, -0.05) is 6.07 Å². The standard InChI is InChI=1S/C18H21N3O2/c1-11-4-7-16(10-12(11)2)20-13(3)18(23)21-15-8-5-14(6-9-15)17(19)22/h4-10,13,20H,1-3H3,(H2,19,22)(H,21,23)/t13-/m1/s1. The number of carbonyl (C=O) groups excluding carboxylic acids is 2. The molecule has 2 aromatic rings. The van der Waals surface area contributed by atoms with Crippen LogP contribution in [0.25, 0.3) is 0 Å². The monoisotopic (exact) mass is 311 g/mol. The summed E-state index contributed by atoms with van der Waals surface area (Å²) in [5.41, 5.74) is 9.50. The SMILES string of the molecule is Cc1ccc(N[C@H](C)C(=O)Nc2ccc(C(N)=O)cc2)cc1C. The van der Waals surface area contributed by atoms with Gasteiger partial charge in [0.05, 0.1) is 0 Å². The maximum Gasteiger partial charge on any atom is 0.248 e. The lowest BCUT2D eigenvalue weighted by Crippen LogP contribution is -2.31. The summed E-state index contributed by atoms with van der Waals surface area (Å²) in [6, 6.07) is 12.1. The van der Waals surface area contributed by atoms with Crippen molar-refractivity contribution in [3.63, 3.8) is 0 Å². The van der Waals surface area contributed by atoms with Gasteiger partial charge >= 0.3 is 0 Å². The fourth-order valence-corrected chi connectivity index (χ4v) is 2.12. The molecule has 2 amide bonds. The van der Waals surface area contributed by atoms with Crippen LogP contribution >= 0.6 is 0 Å². The van der Waals surface area contributed by atoms with E-state index in [1.807, 2.05) is 32.0 Å². The number of aryl methyl sites for hydroxylation is 2. The van der Waals surface area contributed by atoms with Crippen LogP contribution in [0.4, 0.5) is 11.4 Å². The molecule has 5 heteroatoms. The van der Waals surface area contributed by atoms with Crippen molar-refractivity contribution in [1.29, 1.82) is 0 Å². The van der Waals surface area contributed by atoms with Gasteiger partial charge in [-0.3, -0.25) is 9.59 Å². The molecule has 0 aliphatic rings. The zero-order valence-electron chi connectivity index (χ0n) is 13.5. The molecular weight excluding hydrogens is 290 g/mol. The van der Waals surface area contributed by atoms with E-state index in [-0.39, 0.29) is 5.91 Å². The summed E-state index contributed by atoms with van der Waals surface area (Å²) in [5.74, 6) is -0.650. The summed E-state index contributed by atoms with van der Waals surface area (Å²) >= 11 is 0. The van der Waals surface area contributed by atoms with Crippen molar-refractivity contribution in [2.45, 2.75) is 26.8 Å². The van der Waals surface area contributed by atoms with Gasteiger partial charge in [0, 0.05) is 16.9 Å². The first kappa shape index (κ1) is 16.5. The van der Waals surface area contributed by atoms with E-state index in [2.05, 4.69) is 10.6 Å². The molecule has 2 rings (SSSR count). The first-order valence-electron chi connectivity index (χ1n) is 7.41. The smallest absolute Gasteiger partial charge is 0.248 e. The van der Waals surface area contributed by atoms with Gasteiger partial charge in [0.25, 0.3) is 0 Å². The molecule has 5 nitrogen and oxygen atoms in total. The van der Waals surface area contributed by atoms with Gasteiger partial charge in [-0.2, -0.15) is 0 Å². The highest BCUT2D eigenvalue weighted by molar-refractivity contribution is 5.97. The number of carbonyl (C=O) groups is 2. The second kappa shape index (κ2) is 6.96. The molecule has 0 bridgehead atoms. The molecule has 0 aliphatic heterocycles. The Morgan fingerprint density at radius 3 is 2.13 bits per heavy atom. The van der Waals surface area contributed by atoms with Gasteiger partial charge in [0.1, 0.15) is 6.04 Å². The molecule has 0 saturated heterocycles. The molecule has 0 fully saturated rings. The van der Waals surface area contributed by atoms with Gasteiger partial charge in [0.15, 0.2) is 0 Å². The lowest BCUT2D eigenvalue weighted by atomic mass is 10.1. The number of anilines is 2. The van der Waals surface area contributed by atoms with Gasteiger partial charge in [-0.25, -0.2) is 0 Å². The van der Waals surface area contributed by atoms with Crippen LogP contribution in [0, 0.1) is 13.8 Å². The minimum atomic E-state index is -0.493. The molecule has 0 spiro atoms. The molecule has 0 radical (unpaired) electrons. The predicted octanol–water partition coefficient (Wildman–Crippen LogP) is 2.84. The van der Waals surface area contributed by atoms with Crippen LogP contribution in [0.2, 0.25) is 0 Å². The van der Waals surface area contributed by atoms with Gasteiger partial charge in [-0.05, 0) is 68.3 Å². The third kappa shape index (κ3) is 4.32. The van der Waals surface area contributed by atoms with Crippen LogP contribution in [0.3, 0.4) is 0 Å². The van der Waals surface area contributed by atoms with Crippen molar-refractivity contribution < 1.29 is 9.59 Å². The predicted molar refractivity (Wildman–Crippen MR) is 92.6 cm³/mol. The summed E-state index contributed by atoms with van der Waals surface area (Å²) in [6.45, 7) is 5.87. The second-order valence-corrected chi connectivity index (χ2v) is 5.60. The Labute approximate surface area is 135 Å².